The van der Waals surface area contributed by atoms with E-state index in [4.69, 9.17) is 10.2 Å². The number of rotatable bonds is 3. The molecule has 2 aromatic rings. The van der Waals surface area contributed by atoms with Gasteiger partial charge in [0, 0.05) is 17.3 Å². The molecule has 0 radical (unpaired) electrons. The second kappa shape index (κ2) is 4.37. The van der Waals surface area contributed by atoms with Crippen molar-refractivity contribution in [2.24, 2.45) is 0 Å². The van der Waals surface area contributed by atoms with E-state index in [1.165, 1.54) is 0 Å². The monoisotopic (exact) mass is 217 g/mol. The molecule has 2 aromatic heterocycles. The van der Waals surface area contributed by atoms with E-state index in [1.807, 2.05) is 26.1 Å². The fourth-order valence-electron chi connectivity index (χ4n) is 1.77. The lowest BCUT2D eigenvalue weighted by atomic mass is 10.0. The number of nitrogens with two attached hydrogens (primary N) is 1. The molecule has 0 aliphatic carbocycles. The van der Waals surface area contributed by atoms with E-state index < -0.39 is 0 Å². The molecule has 0 saturated carbocycles. The molecule has 0 fully saturated rings. The molecule has 3 N–H and O–H groups in total. The second-order valence-electron chi connectivity index (χ2n) is 3.77. The van der Waals surface area contributed by atoms with Crippen LogP contribution in [0.2, 0.25) is 0 Å². The summed E-state index contributed by atoms with van der Waals surface area (Å²) < 4.78 is 5.09. The van der Waals surface area contributed by atoms with E-state index in [1.54, 1.807) is 18.7 Å². The van der Waals surface area contributed by atoms with Crippen LogP contribution in [-0.2, 0) is 0 Å². The van der Waals surface area contributed by atoms with Crippen LogP contribution < -0.4 is 11.1 Å². The molecule has 2 rings (SSSR count). The highest BCUT2D eigenvalue weighted by Gasteiger charge is 2.16. The van der Waals surface area contributed by atoms with Gasteiger partial charge in [-0.1, -0.05) is 0 Å². The minimum atomic E-state index is 0.0196. The maximum absolute atomic E-state index is 5.89. The van der Waals surface area contributed by atoms with Crippen molar-refractivity contribution in [2.45, 2.75) is 13.0 Å². The van der Waals surface area contributed by atoms with Gasteiger partial charge in [0.05, 0.1) is 18.6 Å². The number of aromatic nitrogens is 1. The molecule has 0 aliphatic rings. The molecule has 0 bridgehead atoms. The fraction of sp³-hybridized carbons (Fsp3) is 0.250. The third kappa shape index (κ3) is 1.92. The summed E-state index contributed by atoms with van der Waals surface area (Å²) in [6, 6.07) is 3.98. The minimum absolute atomic E-state index is 0.0196. The number of nitrogen functional groups attached to an aromatic ring is 1. The lowest BCUT2D eigenvalue weighted by molar-refractivity contribution is 0.557. The highest BCUT2D eigenvalue weighted by Crippen LogP contribution is 2.26. The Bertz CT molecular complexity index is 465. The maximum Gasteiger partial charge on any atom is 0.128 e. The number of hydrogen-bond donors (Lipinski definition) is 2. The van der Waals surface area contributed by atoms with Crippen LogP contribution in [0.3, 0.4) is 0 Å². The summed E-state index contributed by atoms with van der Waals surface area (Å²) in [4.78, 5) is 4.16. The number of aryl methyl sites for hydroxylation is 1. The fourth-order valence-corrected chi connectivity index (χ4v) is 1.77. The van der Waals surface area contributed by atoms with Gasteiger partial charge >= 0.3 is 0 Å². The first-order chi connectivity index (χ1) is 7.72. The minimum Gasteiger partial charge on any atom is -0.472 e. The predicted octanol–water partition coefficient (Wildman–Crippen LogP) is 1.87. The molecule has 0 spiro atoms. The summed E-state index contributed by atoms with van der Waals surface area (Å²) >= 11 is 0. The van der Waals surface area contributed by atoms with Crippen molar-refractivity contribution in [3.8, 4) is 0 Å². The largest absolute Gasteiger partial charge is 0.472 e. The lowest BCUT2D eigenvalue weighted by Gasteiger charge is -2.16. The molecule has 0 amide bonds. The normalized spacial score (nSPS) is 12.6. The van der Waals surface area contributed by atoms with Crippen molar-refractivity contribution in [1.82, 2.24) is 10.3 Å². The van der Waals surface area contributed by atoms with Gasteiger partial charge in [0.2, 0.25) is 0 Å². The van der Waals surface area contributed by atoms with Gasteiger partial charge in [0.1, 0.15) is 5.82 Å². The molecule has 4 nitrogen and oxygen atoms in total. The smallest absolute Gasteiger partial charge is 0.128 e. The van der Waals surface area contributed by atoms with Gasteiger partial charge < -0.3 is 15.5 Å². The number of hydrogen-bond acceptors (Lipinski definition) is 4. The Morgan fingerprint density at radius 2 is 2.31 bits per heavy atom. The van der Waals surface area contributed by atoms with Crippen LogP contribution in [0.1, 0.15) is 22.7 Å². The Labute approximate surface area is 94.5 Å². The van der Waals surface area contributed by atoms with Gasteiger partial charge in [0.25, 0.3) is 0 Å². The van der Waals surface area contributed by atoms with Crippen LogP contribution in [0, 0.1) is 6.92 Å². The highest BCUT2D eigenvalue weighted by molar-refractivity contribution is 5.46. The molecule has 1 unspecified atom stereocenters. The van der Waals surface area contributed by atoms with Gasteiger partial charge in [-0.15, -0.1) is 0 Å². The quantitative estimate of drug-likeness (QED) is 0.823. The molecular formula is C12H15N3O. The van der Waals surface area contributed by atoms with Crippen LogP contribution in [0.4, 0.5) is 5.82 Å². The first kappa shape index (κ1) is 10.7. The zero-order valence-electron chi connectivity index (χ0n) is 9.40. The predicted molar refractivity (Wildman–Crippen MR) is 63.0 cm³/mol. The number of anilines is 1. The molecular weight excluding hydrogens is 202 g/mol. The van der Waals surface area contributed by atoms with Gasteiger partial charge in [-0.3, -0.25) is 0 Å². The molecule has 0 aromatic carbocycles. The Balaban J connectivity index is 2.44. The van der Waals surface area contributed by atoms with Crippen molar-refractivity contribution in [1.29, 1.82) is 0 Å². The average Bonchev–Trinajstić information content (AvgIpc) is 2.78. The Hall–Kier alpha value is -1.81. The summed E-state index contributed by atoms with van der Waals surface area (Å²) in [5, 5.41) is 3.21. The van der Waals surface area contributed by atoms with E-state index in [0.717, 1.165) is 16.7 Å². The molecule has 1 atom stereocenters. The Morgan fingerprint density at radius 1 is 1.50 bits per heavy atom. The summed E-state index contributed by atoms with van der Waals surface area (Å²) in [5.74, 6) is 0.547. The van der Waals surface area contributed by atoms with E-state index in [9.17, 15) is 0 Å². The molecule has 4 heteroatoms. The van der Waals surface area contributed by atoms with E-state index in [-0.39, 0.29) is 6.04 Å². The lowest BCUT2D eigenvalue weighted by Crippen LogP contribution is -2.19. The van der Waals surface area contributed by atoms with Crippen LogP contribution in [0.15, 0.2) is 35.3 Å². The molecule has 0 aliphatic heterocycles. The molecule has 0 saturated heterocycles. The summed E-state index contributed by atoms with van der Waals surface area (Å²) in [7, 11) is 1.89. The highest BCUT2D eigenvalue weighted by atomic mass is 16.3. The topological polar surface area (TPSA) is 64.1 Å². The Kier molecular flexibility index (Phi) is 2.92. The molecule has 2 heterocycles. The van der Waals surface area contributed by atoms with Crippen LogP contribution in [0.5, 0.6) is 0 Å². The SMILES string of the molecule is CNC(c1ccoc1)c1cc(C)cnc1N. The number of pyridine rings is 1. The number of furan rings is 1. The van der Waals surface area contributed by atoms with Crippen molar-refractivity contribution in [3.05, 3.63) is 47.5 Å². The first-order valence-corrected chi connectivity index (χ1v) is 5.13. The molecule has 16 heavy (non-hydrogen) atoms. The maximum atomic E-state index is 5.89. The van der Waals surface area contributed by atoms with E-state index >= 15 is 0 Å². The summed E-state index contributed by atoms with van der Waals surface area (Å²) in [6.45, 7) is 2.00. The van der Waals surface area contributed by atoms with Gasteiger partial charge in [-0.25, -0.2) is 4.98 Å². The van der Waals surface area contributed by atoms with Crippen LogP contribution in [-0.4, -0.2) is 12.0 Å². The Morgan fingerprint density at radius 3 is 2.94 bits per heavy atom. The number of nitrogens with zero attached hydrogens (tertiary/aromatic N) is 1. The van der Waals surface area contributed by atoms with Crippen molar-refractivity contribution in [2.75, 3.05) is 12.8 Å². The van der Waals surface area contributed by atoms with Gasteiger partial charge in [0.15, 0.2) is 0 Å². The van der Waals surface area contributed by atoms with E-state index in [0.29, 0.717) is 5.82 Å². The van der Waals surface area contributed by atoms with Crippen molar-refractivity contribution < 1.29 is 4.42 Å². The van der Waals surface area contributed by atoms with Gasteiger partial charge in [-0.2, -0.15) is 0 Å². The first-order valence-electron chi connectivity index (χ1n) is 5.13. The zero-order chi connectivity index (χ0) is 11.5. The third-order valence-electron chi connectivity index (χ3n) is 2.56. The average molecular weight is 217 g/mol. The zero-order valence-corrected chi connectivity index (χ0v) is 9.40. The summed E-state index contributed by atoms with van der Waals surface area (Å²) in [5.41, 5.74) is 9.00. The van der Waals surface area contributed by atoms with Crippen LogP contribution in [0.25, 0.3) is 0 Å². The van der Waals surface area contributed by atoms with E-state index in [2.05, 4.69) is 10.3 Å². The standard InChI is InChI=1S/C12H15N3O/c1-8-5-10(12(13)15-6-8)11(14-2)9-3-4-16-7-9/h3-7,11,14H,1-2H3,(H2,13,15). The molecule has 84 valence electrons. The third-order valence-corrected chi connectivity index (χ3v) is 2.56. The van der Waals surface area contributed by atoms with Gasteiger partial charge in [-0.05, 0) is 31.7 Å². The second-order valence-corrected chi connectivity index (χ2v) is 3.77. The van der Waals surface area contributed by atoms with Crippen molar-refractivity contribution in [3.63, 3.8) is 0 Å². The van der Waals surface area contributed by atoms with Crippen LogP contribution >= 0.6 is 0 Å². The van der Waals surface area contributed by atoms with Crippen molar-refractivity contribution >= 4 is 5.82 Å². The number of nitrogens with one attached hydrogen (secondary N) is 1. The summed E-state index contributed by atoms with van der Waals surface area (Å²) in [6.07, 6.45) is 5.13.